The lowest BCUT2D eigenvalue weighted by atomic mass is 9.51. The number of aromatic hydroxyl groups is 1. The SMILES string of the molecule is COCCN1CC[C@]23c4c5ccc(O)c4OC2C(=O)CCC3[C@H]1C5. The van der Waals surface area contributed by atoms with Crippen molar-refractivity contribution in [2.45, 2.75) is 43.2 Å². The largest absolute Gasteiger partial charge is 0.504 e. The first-order valence-corrected chi connectivity index (χ1v) is 8.94. The molecule has 1 spiro atoms. The van der Waals surface area contributed by atoms with Gasteiger partial charge in [-0.15, -0.1) is 0 Å². The number of rotatable bonds is 3. The Kier molecular flexibility index (Phi) is 3.04. The van der Waals surface area contributed by atoms with Crippen molar-refractivity contribution >= 4 is 5.78 Å². The molecule has 2 heterocycles. The fourth-order valence-corrected chi connectivity index (χ4v) is 5.89. The van der Waals surface area contributed by atoms with E-state index in [4.69, 9.17) is 9.47 Å². The van der Waals surface area contributed by atoms with Gasteiger partial charge >= 0.3 is 0 Å². The summed E-state index contributed by atoms with van der Waals surface area (Å²) < 4.78 is 11.4. The molecule has 0 aromatic heterocycles. The minimum absolute atomic E-state index is 0.185. The maximum Gasteiger partial charge on any atom is 0.174 e. The van der Waals surface area contributed by atoms with Gasteiger partial charge in [-0.1, -0.05) is 6.07 Å². The van der Waals surface area contributed by atoms with E-state index in [1.165, 1.54) is 5.56 Å². The molecule has 1 saturated heterocycles. The number of phenolic OH excluding ortho intramolecular Hbond substituents is 1. The Labute approximate surface area is 141 Å². The van der Waals surface area contributed by atoms with Crippen LogP contribution in [0.1, 0.15) is 30.4 Å². The summed E-state index contributed by atoms with van der Waals surface area (Å²) in [6.07, 6.45) is 3.03. The molecule has 0 amide bonds. The Morgan fingerprint density at radius 2 is 2.33 bits per heavy atom. The number of benzene rings is 1. The van der Waals surface area contributed by atoms with Gasteiger partial charge in [0.2, 0.25) is 0 Å². The van der Waals surface area contributed by atoms with Crippen LogP contribution in [-0.4, -0.2) is 54.7 Å². The molecule has 1 saturated carbocycles. The Hall–Kier alpha value is -1.59. The highest BCUT2D eigenvalue weighted by Gasteiger charge is 2.65. The number of likely N-dealkylation sites (tertiary alicyclic amines) is 1. The number of piperidine rings is 1. The van der Waals surface area contributed by atoms with Crippen molar-refractivity contribution in [1.29, 1.82) is 0 Å². The molecule has 1 aromatic carbocycles. The van der Waals surface area contributed by atoms with Crippen LogP contribution < -0.4 is 4.74 Å². The Bertz CT molecular complexity index is 718. The fourth-order valence-electron chi connectivity index (χ4n) is 5.89. The smallest absolute Gasteiger partial charge is 0.174 e. The molecule has 0 radical (unpaired) electrons. The average Bonchev–Trinajstić information content (AvgIpc) is 2.93. The molecular formula is C19H23NO4. The molecule has 4 atom stereocenters. The van der Waals surface area contributed by atoms with Gasteiger partial charge in [0.15, 0.2) is 23.4 Å². The van der Waals surface area contributed by atoms with Gasteiger partial charge in [0.1, 0.15) is 0 Å². The van der Waals surface area contributed by atoms with E-state index in [0.717, 1.165) is 44.5 Å². The van der Waals surface area contributed by atoms with Crippen molar-refractivity contribution in [3.05, 3.63) is 23.3 Å². The molecule has 2 aliphatic heterocycles. The second kappa shape index (κ2) is 4.96. The number of hydrogen-bond acceptors (Lipinski definition) is 5. The zero-order valence-corrected chi connectivity index (χ0v) is 14.0. The number of carbonyl (C=O) groups excluding carboxylic acids is 1. The van der Waals surface area contributed by atoms with Crippen LogP contribution in [0.15, 0.2) is 12.1 Å². The number of ketones is 1. The van der Waals surface area contributed by atoms with Crippen LogP contribution in [0.2, 0.25) is 0 Å². The second-order valence-corrected chi connectivity index (χ2v) is 7.65. The Morgan fingerprint density at radius 3 is 3.17 bits per heavy atom. The molecule has 24 heavy (non-hydrogen) atoms. The predicted octanol–water partition coefficient (Wildman–Crippen LogP) is 1.65. The number of hydrogen-bond donors (Lipinski definition) is 1. The van der Waals surface area contributed by atoms with Crippen LogP contribution in [0, 0.1) is 5.92 Å². The number of carbonyl (C=O) groups is 1. The molecule has 4 aliphatic rings. The van der Waals surface area contributed by atoms with E-state index in [9.17, 15) is 9.90 Å². The van der Waals surface area contributed by atoms with Gasteiger partial charge in [-0.05, 0) is 43.4 Å². The normalized spacial score (nSPS) is 36.4. The number of phenols is 1. The lowest BCUT2D eigenvalue weighted by Crippen LogP contribution is -2.66. The summed E-state index contributed by atoms with van der Waals surface area (Å²) in [7, 11) is 1.75. The number of nitrogens with zero attached hydrogens (tertiary/aromatic N) is 1. The monoisotopic (exact) mass is 329 g/mol. The zero-order chi connectivity index (χ0) is 16.5. The third-order valence-corrected chi connectivity index (χ3v) is 6.81. The summed E-state index contributed by atoms with van der Waals surface area (Å²) in [6, 6.07) is 4.20. The van der Waals surface area contributed by atoms with E-state index in [1.807, 2.05) is 6.07 Å². The number of methoxy groups -OCH3 is 1. The van der Waals surface area contributed by atoms with Crippen molar-refractivity contribution in [2.75, 3.05) is 26.8 Å². The van der Waals surface area contributed by atoms with Crippen molar-refractivity contribution in [3.63, 3.8) is 0 Å². The summed E-state index contributed by atoms with van der Waals surface area (Å²) in [6.45, 7) is 2.64. The number of ether oxygens (including phenoxy) is 2. The van der Waals surface area contributed by atoms with Crippen molar-refractivity contribution in [1.82, 2.24) is 4.90 Å². The first kappa shape index (κ1) is 14.7. The van der Waals surface area contributed by atoms with E-state index < -0.39 is 6.10 Å². The van der Waals surface area contributed by atoms with Gasteiger partial charge in [0, 0.05) is 37.1 Å². The molecule has 2 aliphatic carbocycles. The van der Waals surface area contributed by atoms with Crippen molar-refractivity contribution < 1.29 is 19.4 Å². The summed E-state index contributed by atoms with van der Waals surface area (Å²) in [5, 5.41) is 10.3. The fraction of sp³-hybridized carbons (Fsp3) is 0.632. The van der Waals surface area contributed by atoms with Gasteiger partial charge in [0.05, 0.1) is 6.61 Å². The third kappa shape index (κ3) is 1.64. The van der Waals surface area contributed by atoms with E-state index in [2.05, 4.69) is 4.90 Å². The highest BCUT2D eigenvalue weighted by molar-refractivity contribution is 5.89. The first-order valence-electron chi connectivity index (χ1n) is 8.94. The molecule has 5 heteroatoms. The zero-order valence-electron chi connectivity index (χ0n) is 14.0. The van der Waals surface area contributed by atoms with Crippen LogP contribution in [-0.2, 0) is 21.4 Å². The molecule has 128 valence electrons. The lowest BCUT2D eigenvalue weighted by Gasteiger charge is -2.57. The summed E-state index contributed by atoms with van der Waals surface area (Å²) >= 11 is 0. The molecule has 1 N–H and O–H groups in total. The highest BCUT2D eigenvalue weighted by atomic mass is 16.5. The van der Waals surface area contributed by atoms with Gasteiger partial charge in [0.25, 0.3) is 0 Å². The van der Waals surface area contributed by atoms with Gasteiger partial charge in [-0.2, -0.15) is 0 Å². The first-order chi connectivity index (χ1) is 11.7. The minimum Gasteiger partial charge on any atom is -0.504 e. The van der Waals surface area contributed by atoms with E-state index in [-0.39, 0.29) is 16.9 Å². The minimum atomic E-state index is -0.398. The van der Waals surface area contributed by atoms with Crippen LogP contribution in [0.5, 0.6) is 11.5 Å². The van der Waals surface area contributed by atoms with Crippen LogP contribution in [0.4, 0.5) is 0 Å². The third-order valence-electron chi connectivity index (χ3n) is 6.81. The summed E-state index contributed by atoms with van der Waals surface area (Å²) in [4.78, 5) is 15.2. The van der Waals surface area contributed by atoms with Crippen LogP contribution in [0.25, 0.3) is 0 Å². The topological polar surface area (TPSA) is 59.0 Å². The molecule has 2 bridgehead atoms. The molecule has 1 aromatic rings. The van der Waals surface area contributed by atoms with Gasteiger partial charge in [-0.25, -0.2) is 0 Å². The average molecular weight is 329 g/mol. The molecule has 2 unspecified atom stereocenters. The van der Waals surface area contributed by atoms with E-state index in [0.29, 0.717) is 24.1 Å². The predicted molar refractivity (Wildman–Crippen MR) is 87.5 cm³/mol. The van der Waals surface area contributed by atoms with Crippen LogP contribution in [0.3, 0.4) is 0 Å². The molecule has 5 rings (SSSR count). The Balaban J connectivity index is 1.66. The van der Waals surface area contributed by atoms with Crippen LogP contribution >= 0.6 is 0 Å². The van der Waals surface area contributed by atoms with Crippen molar-refractivity contribution in [2.24, 2.45) is 5.92 Å². The maximum atomic E-state index is 12.6. The maximum absolute atomic E-state index is 12.6. The quantitative estimate of drug-likeness (QED) is 0.914. The highest BCUT2D eigenvalue weighted by Crippen LogP contribution is 2.63. The Morgan fingerprint density at radius 1 is 1.46 bits per heavy atom. The van der Waals surface area contributed by atoms with Crippen molar-refractivity contribution in [3.8, 4) is 11.5 Å². The number of Topliss-reactive ketones (excluding diaryl/α,β-unsaturated/α-hetero) is 1. The van der Waals surface area contributed by atoms with Gasteiger partial charge in [-0.3, -0.25) is 9.69 Å². The molecule has 5 nitrogen and oxygen atoms in total. The lowest BCUT2D eigenvalue weighted by molar-refractivity contribution is -0.139. The van der Waals surface area contributed by atoms with Gasteiger partial charge < -0.3 is 14.6 Å². The molecular weight excluding hydrogens is 306 g/mol. The second-order valence-electron chi connectivity index (χ2n) is 7.65. The van der Waals surface area contributed by atoms with E-state index >= 15 is 0 Å². The summed E-state index contributed by atoms with van der Waals surface area (Å²) in [5.74, 6) is 1.41. The summed E-state index contributed by atoms with van der Waals surface area (Å²) in [5.41, 5.74) is 2.18. The standard InChI is InChI=1S/C19H23NO4/c1-23-9-8-20-7-6-19-12-3-5-15(22)18(19)24-17-14(21)4-2-11(16(17)19)10-13(12)20/h2,4,12-13,18,21H,3,5-10H2,1H3/t12?,13-,18?,19+/m1/s1. The van der Waals surface area contributed by atoms with E-state index in [1.54, 1.807) is 13.2 Å². The molecule has 2 fully saturated rings.